The summed E-state index contributed by atoms with van der Waals surface area (Å²) in [7, 11) is 0. The Labute approximate surface area is 121 Å². The Morgan fingerprint density at radius 3 is 2.81 bits per heavy atom. The summed E-state index contributed by atoms with van der Waals surface area (Å²) in [5.74, 6) is -2.90. The number of hydrogen-bond donors (Lipinski definition) is 2. The minimum Gasteiger partial charge on any atom is -0.478 e. The van der Waals surface area contributed by atoms with E-state index in [1.807, 2.05) is 11.8 Å². The number of nitrogens with zero attached hydrogens (tertiary/aromatic N) is 1. The Hall–Kier alpha value is -1.69. The molecule has 4 nitrogen and oxygen atoms in total. The lowest BCUT2D eigenvalue weighted by Gasteiger charge is -2.29. The van der Waals surface area contributed by atoms with Gasteiger partial charge in [-0.25, -0.2) is 13.6 Å². The van der Waals surface area contributed by atoms with E-state index in [-0.39, 0.29) is 11.7 Å². The first kappa shape index (κ1) is 14.3. The third-order valence-electron chi connectivity index (χ3n) is 4.74. The van der Waals surface area contributed by atoms with Crippen molar-refractivity contribution in [2.45, 2.75) is 19.4 Å². The lowest BCUT2D eigenvalue weighted by Crippen LogP contribution is -2.35. The third-order valence-corrected chi connectivity index (χ3v) is 4.74. The zero-order chi connectivity index (χ0) is 15.1. The van der Waals surface area contributed by atoms with E-state index in [1.165, 1.54) is 6.07 Å². The van der Waals surface area contributed by atoms with Gasteiger partial charge in [-0.1, -0.05) is 6.92 Å². The molecule has 0 amide bonds. The SMILES string of the molecule is CCC1C2CNCC2CN1c1ccc(C(=O)O)c(F)c1F. The number of benzene rings is 1. The van der Waals surface area contributed by atoms with Crippen LogP contribution in [0.25, 0.3) is 0 Å². The van der Waals surface area contributed by atoms with Crippen LogP contribution in [0.3, 0.4) is 0 Å². The Kier molecular flexibility index (Phi) is 3.57. The molecule has 2 N–H and O–H groups in total. The number of fused-ring (bicyclic) bond motifs is 1. The molecule has 2 saturated heterocycles. The van der Waals surface area contributed by atoms with Gasteiger partial charge in [0.05, 0.1) is 11.3 Å². The average Bonchev–Trinajstić information content (AvgIpc) is 3.01. The highest BCUT2D eigenvalue weighted by atomic mass is 19.2. The van der Waals surface area contributed by atoms with Gasteiger partial charge >= 0.3 is 5.97 Å². The largest absolute Gasteiger partial charge is 0.478 e. The predicted octanol–water partition coefficient (Wildman–Crippen LogP) is 2.10. The molecule has 21 heavy (non-hydrogen) atoms. The smallest absolute Gasteiger partial charge is 0.338 e. The molecular weight excluding hydrogens is 278 g/mol. The maximum absolute atomic E-state index is 14.3. The first-order chi connectivity index (χ1) is 10.0. The molecule has 0 aliphatic carbocycles. The van der Waals surface area contributed by atoms with E-state index in [0.717, 1.165) is 25.6 Å². The molecule has 2 aliphatic heterocycles. The fourth-order valence-electron chi connectivity index (χ4n) is 3.75. The molecule has 2 aliphatic rings. The Balaban J connectivity index is 1.97. The van der Waals surface area contributed by atoms with Crippen molar-refractivity contribution >= 4 is 11.7 Å². The van der Waals surface area contributed by atoms with Gasteiger partial charge in [0, 0.05) is 25.7 Å². The van der Waals surface area contributed by atoms with Crippen molar-refractivity contribution in [2.24, 2.45) is 11.8 Å². The molecule has 1 aromatic rings. The summed E-state index contributed by atoms with van der Waals surface area (Å²) >= 11 is 0. The number of halogens is 2. The molecule has 0 aromatic heterocycles. The molecule has 3 atom stereocenters. The molecule has 0 spiro atoms. The van der Waals surface area contributed by atoms with Crippen molar-refractivity contribution in [1.82, 2.24) is 5.32 Å². The number of carbonyl (C=O) groups is 1. The van der Waals surface area contributed by atoms with Gasteiger partial charge in [-0.05, 0) is 30.4 Å². The second-order valence-electron chi connectivity index (χ2n) is 5.78. The first-order valence-electron chi connectivity index (χ1n) is 7.23. The Morgan fingerprint density at radius 2 is 2.14 bits per heavy atom. The van der Waals surface area contributed by atoms with Crippen LogP contribution in [0.4, 0.5) is 14.5 Å². The molecule has 0 saturated carbocycles. The van der Waals surface area contributed by atoms with Gasteiger partial charge in [-0.15, -0.1) is 0 Å². The van der Waals surface area contributed by atoms with Gasteiger partial charge in [0.2, 0.25) is 0 Å². The van der Waals surface area contributed by atoms with Crippen LogP contribution in [0.2, 0.25) is 0 Å². The molecule has 3 rings (SSSR count). The second kappa shape index (κ2) is 5.26. The fraction of sp³-hybridized carbons (Fsp3) is 0.533. The molecule has 114 valence electrons. The van der Waals surface area contributed by atoms with Crippen LogP contribution in [0.15, 0.2) is 12.1 Å². The lowest BCUT2D eigenvalue weighted by molar-refractivity contribution is 0.0690. The molecule has 1 aromatic carbocycles. The summed E-state index contributed by atoms with van der Waals surface area (Å²) in [6.07, 6.45) is 0.852. The van der Waals surface area contributed by atoms with Crippen LogP contribution < -0.4 is 10.2 Å². The van der Waals surface area contributed by atoms with E-state index in [9.17, 15) is 13.6 Å². The van der Waals surface area contributed by atoms with Crippen molar-refractivity contribution < 1.29 is 18.7 Å². The second-order valence-corrected chi connectivity index (χ2v) is 5.78. The van der Waals surface area contributed by atoms with Crippen LogP contribution in [0, 0.1) is 23.5 Å². The van der Waals surface area contributed by atoms with Gasteiger partial charge < -0.3 is 15.3 Å². The zero-order valence-electron chi connectivity index (χ0n) is 11.8. The fourth-order valence-corrected chi connectivity index (χ4v) is 3.75. The van der Waals surface area contributed by atoms with Crippen molar-refractivity contribution in [3.05, 3.63) is 29.3 Å². The monoisotopic (exact) mass is 296 g/mol. The molecule has 0 bridgehead atoms. The highest BCUT2D eigenvalue weighted by Crippen LogP contribution is 2.39. The number of carboxylic acids is 1. The first-order valence-corrected chi connectivity index (χ1v) is 7.23. The van der Waals surface area contributed by atoms with Crippen LogP contribution in [0.5, 0.6) is 0 Å². The normalized spacial score (nSPS) is 28.0. The lowest BCUT2D eigenvalue weighted by atomic mass is 9.93. The number of carboxylic acid groups (broad SMARTS) is 1. The summed E-state index contributed by atoms with van der Waals surface area (Å²) < 4.78 is 28.2. The van der Waals surface area contributed by atoms with E-state index in [1.54, 1.807) is 0 Å². The van der Waals surface area contributed by atoms with Crippen LogP contribution >= 0.6 is 0 Å². The maximum Gasteiger partial charge on any atom is 0.338 e. The predicted molar refractivity (Wildman–Crippen MR) is 74.6 cm³/mol. The number of aromatic carboxylic acids is 1. The Bertz CT molecular complexity index is 579. The van der Waals surface area contributed by atoms with E-state index in [4.69, 9.17) is 5.11 Å². The Morgan fingerprint density at radius 1 is 1.38 bits per heavy atom. The number of nitrogens with one attached hydrogen (secondary N) is 1. The molecule has 3 unspecified atom stereocenters. The summed E-state index contributed by atoms with van der Waals surface area (Å²) in [6, 6.07) is 2.70. The summed E-state index contributed by atoms with van der Waals surface area (Å²) in [6.45, 7) is 4.52. The van der Waals surface area contributed by atoms with E-state index >= 15 is 0 Å². The van der Waals surface area contributed by atoms with E-state index < -0.39 is 23.2 Å². The third kappa shape index (κ3) is 2.18. The summed E-state index contributed by atoms with van der Waals surface area (Å²) in [4.78, 5) is 12.8. The van der Waals surface area contributed by atoms with Gasteiger partial charge in [-0.3, -0.25) is 0 Å². The van der Waals surface area contributed by atoms with Crippen molar-refractivity contribution in [3.8, 4) is 0 Å². The minimum atomic E-state index is -1.45. The van der Waals surface area contributed by atoms with Gasteiger partial charge in [0.25, 0.3) is 0 Å². The molecule has 0 radical (unpaired) electrons. The van der Waals surface area contributed by atoms with Crippen LogP contribution in [-0.2, 0) is 0 Å². The molecular formula is C15H18F2N2O2. The standard InChI is InChI=1S/C15H18F2N2O2/c1-2-11-10-6-18-5-8(10)7-19(11)12-4-3-9(15(20)21)13(16)14(12)17/h3-4,8,10-11,18H,2,5-7H2,1H3,(H,20,21). The molecule has 2 fully saturated rings. The van der Waals surface area contributed by atoms with Crippen LogP contribution in [0.1, 0.15) is 23.7 Å². The summed E-state index contributed by atoms with van der Waals surface area (Å²) in [5.41, 5.74) is -0.441. The van der Waals surface area contributed by atoms with Gasteiger partial charge in [0.1, 0.15) is 0 Å². The maximum atomic E-state index is 14.3. The van der Waals surface area contributed by atoms with Crippen molar-refractivity contribution in [1.29, 1.82) is 0 Å². The topological polar surface area (TPSA) is 52.6 Å². The highest BCUT2D eigenvalue weighted by Gasteiger charge is 2.44. The quantitative estimate of drug-likeness (QED) is 0.897. The molecule has 6 heteroatoms. The summed E-state index contributed by atoms with van der Waals surface area (Å²) in [5, 5.41) is 12.2. The number of rotatable bonds is 3. The minimum absolute atomic E-state index is 0.162. The van der Waals surface area contributed by atoms with Crippen molar-refractivity contribution in [3.63, 3.8) is 0 Å². The number of hydrogen-bond acceptors (Lipinski definition) is 3. The van der Waals surface area contributed by atoms with E-state index in [2.05, 4.69) is 5.32 Å². The molecule has 2 heterocycles. The van der Waals surface area contributed by atoms with Crippen molar-refractivity contribution in [2.75, 3.05) is 24.5 Å². The van der Waals surface area contributed by atoms with Gasteiger partial charge in [0.15, 0.2) is 11.6 Å². The van der Waals surface area contributed by atoms with E-state index in [0.29, 0.717) is 18.4 Å². The number of anilines is 1. The average molecular weight is 296 g/mol. The zero-order valence-corrected chi connectivity index (χ0v) is 11.8. The van der Waals surface area contributed by atoms with Gasteiger partial charge in [-0.2, -0.15) is 0 Å². The highest BCUT2D eigenvalue weighted by molar-refractivity contribution is 5.88. The van der Waals surface area contributed by atoms with Crippen LogP contribution in [-0.4, -0.2) is 36.8 Å².